The molecule has 0 aliphatic heterocycles. The maximum atomic E-state index is 14.6. The van der Waals surface area contributed by atoms with Crippen LogP contribution < -0.4 is 9.46 Å². The molecule has 0 spiro atoms. The van der Waals surface area contributed by atoms with Crippen LogP contribution >= 0.6 is 0 Å². The number of hydrogen-bond donors (Lipinski definition) is 2. The Labute approximate surface area is 261 Å². The molecule has 0 unspecified atom stereocenters. The van der Waals surface area contributed by atoms with E-state index in [1.165, 1.54) is 25.4 Å². The third-order valence-corrected chi connectivity index (χ3v) is 10.0. The molecule has 0 saturated heterocycles. The van der Waals surface area contributed by atoms with Gasteiger partial charge in [-0.25, -0.2) is 17.8 Å². The van der Waals surface area contributed by atoms with Gasteiger partial charge in [0.05, 0.1) is 25.4 Å². The molecule has 2 saturated carbocycles. The summed E-state index contributed by atoms with van der Waals surface area (Å²) >= 11 is 0. The molecule has 1 aromatic carbocycles. The van der Waals surface area contributed by atoms with E-state index in [1.807, 2.05) is 27.7 Å². The van der Waals surface area contributed by atoms with E-state index in [2.05, 4.69) is 9.71 Å². The number of methoxy groups -OCH3 is 1. The Bertz CT molecular complexity index is 1280. The summed E-state index contributed by atoms with van der Waals surface area (Å²) in [6, 6.07) is 6.07. The van der Waals surface area contributed by atoms with Gasteiger partial charge >= 0.3 is 0 Å². The summed E-state index contributed by atoms with van der Waals surface area (Å²) in [5.41, 5.74) is 1.16. The minimum absolute atomic E-state index is 0. The summed E-state index contributed by atoms with van der Waals surface area (Å²) in [4.78, 5) is 17.2. The molecule has 2 aliphatic rings. The summed E-state index contributed by atoms with van der Waals surface area (Å²) in [5.74, 6) is -0.938. The van der Waals surface area contributed by atoms with Crippen molar-refractivity contribution in [2.24, 2.45) is 16.7 Å². The number of pyridine rings is 1. The van der Waals surface area contributed by atoms with Crippen LogP contribution in [0.3, 0.4) is 0 Å². The van der Waals surface area contributed by atoms with E-state index < -0.39 is 33.3 Å². The van der Waals surface area contributed by atoms with Gasteiger partial charge in [0.2, 0.25) is 21.8 Å². The van der Waals surface area contributed by atoms with Gasteiger partial charge in [-0.3, -0.25) is 9.52 Å². The fourth-order valence-corrected chi connectivity index (χ4v) is 8.32. The zero-order chi connectivity index (χ0) is 26.5. The van der Waals surface area contributed by atoms with Crippen molar-refractivity contribution in [2.75, 3.05) is 12.9 Å². The van der Waals surface area contributed by atoms with Crippen LogP contribution in [0.2, 0.25) is 0 Å². The molecule has 1 radical (unpaired) electrons. The average Bonchev–Trinajstić information content (AvgIpc) is 3.13. The Morgan fingerprint density at radius 3 is 2.57 bits per heavy atom. The van der Waals surface area contributed by atoms with Gasteiger partial charge in [0.1, 0.15) is 5.82 Å². The largest absolute Gasteiger partial charge is 0.481 e. The first-order valence-corrected chi connectivity index (χ1v) is 14.0. The van der Waals surface area contributed by atoms with Crippen molar-refractivity contribution in [1.82, 2.24) is 9.71 Å². The maximum Gasteiger partial charge on any atom is 0.237 e. The predicted molar refractivity (Wildman–Crippen MR) is 141 cm³/mol. The Morgan fingerprint density at radius 1 is 1.30 bits per heavy atom. The number of carbonyl (C=O) groups excluding carboxylic acids is 1. The molecule has 2 aliphatic carbocycles. The van der Waals surface area contributed by atoms with Crippen molar-refractivity contribution in [2.45, 2.75) is 65.4 Å². The number of rotatable bonds is 8. The van der Waals surface area contributed by atoms with Gasteiger partial charge in [0.15, 0.2) is 0 Å². The van der Waals surface area contributed by atoms with Gasteiger partial charge in [-0.1, -0.05) is 27.7 Å². The molecule has 10 heteroatoms. The molecular formula is C27H35FKN2O5S. The molecule has 2 N–H and O–H groups in total. The number of amides is 1. The molecule has 1 aromatic heterocycles. The number of aromatic nitrogens is 1. The molecule has 3 atom stereocenters. The number of aliphatic hydroxyl groups excluding tert-OH is 1. The average molecular weight is 558 g/mol. The fourth-order valence-electron chi connectivity index (χ4n) is 6.44. The number of hydrogen-bond acceptors (Lipinski definition) is 6. The molecule has 7 nitrogen and oxygen atoms in total. The van der Waals surface area contributed by atoms with E-state index in [4.69, 9.17) is 4.74 Å². The maximum absolute atomic E-state index is 14.6. The molecule has 2 bridgehead atoms. The third-order valence-electron chi connectivity index (χ3n) is 8.57. The van der Waals surface area contributed by atoms with Crippen LogP contribution in [0.25, 0.3) is 11.1 Å². The smallest absolute Gasteiger partial charge is 0.237 e. The third kappa shape index (κ3) is 5.85. The quantitative estimate of drug-likeness (QED) is 0.478. The second-order valence-electron chi connectivity index (χ2n) is 11.1. The monoisotopic (exact) mass is 557 g/mol. The van der Waals surface area contributed by atoms with Gasteiger partial charge in [-0.15, -0.1) is 0 Å². The SMILES string of the molecule is COc1cc(-c2cc(F)cc(C(C)C)c2CC(=O)NS(=O)(=O)C[C@@]23CC[C@@H](C[C@H]2O)C3(C)C)ccn1.[K]. The van der Waals surface area contributed by atoms with Crippen molar-refractivity contribution >= 4 is 67.3 Å². The summed E-state index contributed by atoms with van der Waals surface area (Å²) in [5, 5.41) is 10.7. The van der Waals surface area contributed by atoms with Crippen molar-refractivity contribution in [1.29, 1.82) is 0 Å². The summed E-state index contributed by atoms with van der Waals surface area (Å²) in [6.07, 6.45) is 2.66. The minimum Gasteiger partial charge on any atom is -0.481 e. The number of aliphatic hydroxyl groups is 1. The van der Waals surface area contributed by atoms with Crippen molar-refractivity contribution in [3.63, 3.8) is 0 Å². The number of nitrogens with zero attached hydrogens (tertiary/aromatic N) is 1. The Balaban J connectivity index is 0.00000380. The zero-order valence-electron chi connectivity index (χ0n) is 22.5. The summed E-state index contributed by atoms with van der Waals surface area (Å²) < 4.78 is 48.4. The summed E-state index contributed by atoms with van der Waals surface area (Å²) in [7, 11) is -2.55. The van der Waals surface area contributed by atoms with Crippen molar-refractivity contribution in [3.8, 4) is 17.0 Å². The number of carbonyl (C=O) groups is 1. The van der Waals surface area contributed by atoms with Crippen LogP contribution in [0.5, 0.6) is 5.88 Å². The topological polar surface area (TPSA) is 106 Å². The van der Waals surface area contributed by atoms with Crippen LogP contribution in [0.15, 0.2) is 30.5 Å². The van der Waals surface area contributed by atoms with Gasteiger partial charge in [-0.05, 0) is 77.0 Å². The van der Waals surface area contributed by atoms with Gasteiger partial charge in [0, 0.05) is 69.1 Å². The molecule has 2 aromatic rings. The predicted octanol–water partition coefficient (Wildman–Crippen LogP) is 3.81. The number of sulfonamides is 1. The van der Waals surface area contributed by atoms with Gasteiger partial charge in [-0.2, -0.15) is 0 Å². The molecule has 1 amide bonds. The van der Waals surface area contributed by atoms with Crippen LogP contribution in [0, 0.1) is 22.6 Å². The van der Waals surface area contributed by atoms with Gasteiger partial charge in [0.25, 0.3) is 0 Å². The van der Waals surface area contributed by atoms with Crippen molar-refractivity contribution in [3.05, 3.63) is 47.4 Å². The van der Waals surface area contributed by atoms with E-state index >= 15 is 0 Å². The van der Waals surface area contributed by atoms with Crippen LogP contribution in [-0.2, 0) is 21.2 Å². The number of fused-ring (bicyclic) bond motifs is 2. The van der Waals surface area contributed by atoms with Crippen LogP contribution in [-0.4, -0.2) is 94.8 Å². The first-order valence-electron chi connectivity index (χ1n) is 12.3. The molecule has 37 heavy (non-hydrogen) atoms. The first-order chi connectivity index (χ1) is 16.8. The van der Waals surface area contributed by atoms with E-state index in [9.17, 15) is 22.7 Å². The first kappa shape index (κ1) is 30.7. The Morgan fingerprint density at radius 2 is 2.00 bits per heavy atom. The second kappa shape index (κ2) is 11.3. The molecule has 4 rings (SSSR count). The van der Waals surface area contributed by atoms with E-state index in [-0.39, 0.29) is 80.8 Å². The molecule has 2 fully saturated rings. The van der Waals surface area contributed by atoms with Crippen LogP contribution in [0.1, 0.15) is 64.0 Å². The Kier molecular flexibility index (Phi) is 9.37. The normalized spacial score (nSPS) is 24.1. The Hall–Kier alpha value is -0.884. The van der Waals surface area contributed by atoms with Gasteiger partial charge < -0.3 is 9.84 Å². The van der Waals surface area contributed by atoms with Crippen molar-refractivity contribution < 1.29 is 27.4 Å². The fraction of sp³-hybridized carbons (Fsp3) is 0.556. The second-order valence-corrected chi connectivity index (χ2v) is 12.8. The number of ether oxygens (including phenoxy) is 1. The summed E-state index contributed by atoms with van der Waals surface area (Å²) in [6.45, 7) is 7.81. The number of nitrogens with one attached hydrogen (secondary N) is 1. The molecule has 1 heterocycles. The zero-order valence-corrected chi connectivity index (χ0v) is 26.4. The molecular weight excluding hydrogens is 522 g/mol. The van der Waals surface area contributed by atoms with E-state index in [0.717, 1.165) is 6.42 Å². The standard InChI is InChI=1S/C27H35FN2O5S.K/c1-16(2)20-12-19(28)13-21(17-7-9-29-25(10-17)35-5)22(20)14-24(32)30-36(33,34)15-27-8-6-18(11-23(27)31)26(27,3)4;/h7,9-10,12-13,16,18,23,31H,6,8,11,14-15H2,1-5H3,(H,30,32);/t18-,23+,27-;/m0./s1. The van der Waals surface area contributed by atoms with Crippen LogP contribution in [0.4, 0.5) is 4.39 Å². The minimum atomic E-state index is -4.03. The van der Waals surface area contributed by atoms with E-state index in [1.54, 1.807) is 12.1 Å². The van der Waals surface area contributed by atoms with E-state index in [0.29, 0.717) is 41.0 Å². The number of halogens is 1. The number of benzene rings is 1. The molecule has 197 valence electrons.